The van der Waals surface area contributed by atoms with Crippen molar-refractivity contribution in [2.24, 2.45) is 11.8 Å². The summed E-state index contributed by atoms with van der Waals surface area (Å²) in [6.45, 7) is 3.66. The number of pyridine rings is 1. The molecule has 1 fully saturated rings. The summed E-state index contributed by atoms with van der Waals surface area (Å²) < 4.78 is 40.9. The maximum atomic E-state index is 12.8. The minimum absolute atomic E-state index is 0.0519. The first kappa shape index (κ1) is 19.5. The lowest BCUT2D eigenvalue weighted by atomic mass is 10.1. The highest BCUT2D eigenvalue weighted by atomic mass is 35.5. The predicted molar refractivity (Wildman–Crippen MR) is 98.5 cm³/mol. The van der Waals surface area contributed by atoms with Crippen molar-refractivity contribution >= 4 is 17.2 Å². The first-order valence-corrected chi connectivity index (χ1v) is 9.22. The number of nitriles is 1. The molecule has 6 nitrogen and oxygen atoms in total. The number of fused-ring (bicyclic) bond motifs is 1. The lowest BCUT2D eigenvalue weighted by molar-refractivity contribution is -0.141. The van der Waals surface area contributed by atoms with Crippen LogP contribution in [0.2, 0.25) is 5.15 Å². The van der Waals surface area contributed by atoms with E-state index in [1.54, 1.807) is 6.07 Å². The molecule has 0 bridgehead atoms. The first-order chi connectivity index (χ1) is 13.6. The summed E-state index contributed by atoms with van der Waals surface area (Å²) >= 11 is 5.86. The fourth-order valence-corrected chi connectivity index (χ4v) is 3.94. The molecule has 29 heavy (non-hydrogen) atoms. The van der Waals surface area contributed by atoms with Crippen LogP contribution in [-0.4, -0.2) is 19.2 Å². The molecule has 0 aromatic carbocycles. The van der Waals surface area contributed by atoms with Gasteiger partial charge < -0.3 is 0 Å². The van der Waals surface area contributed by atoms with Gasteiger partial charge >= 0.3 is 6.18 Å². The largest absolute Gasteiger partial charge is 0.435 e. The van der Waals surface area contributed by atoms with Gasteiger partial charge in [0.25, 0.3) is 5.56 Å². The van der Waals surface area contributed by atoms with Crippen molar-refractivity contribution in [2.45, 2.75) is 32.5 Å². The van der Waals surface area contributed by atoms with Gasteiger partial charge in [-0.3, -0.25) is 9.20 Å². The molecule has 0 saturated heterocycles. The lowest BCUT2D eigenvalue weighted by Crippen LogP contribution is -2.21. The molecule has 0 N–H and O–H groups in total. The van der Waals surface area contributed by atoms with Crippen LogP contribution >= 0.6 is 11.6 Å². The second-order valence-corrected chi connectivity index (χ2v) is 7.62. The zero-order valence-corrected chi connectivity index (χ0v) is 16.2. The average molecular weight is 422 g/mol. The minimum atomic E-state index is -4.62. The molecule has 3 aromatic rings. The Kier molecular flexibility index (Phi) is 4.42. The predicted octanol–water partition coefficient (Wildman–Crippen LogP) is 3.79. The second kappa shape index (κ2) is 6.59. The molecule has 0 amide bonds. The van der Waals surface area contributed by atoms with E-state index in [4.69, 9.17) is 11.6 Å². The Balaban J connectivity index is 1.77. The van der Waals surface area contributed by atoms with Crippen LogP contribution in [0.1, 0.15) is 35.5 Å². The highest BCUT2D eigenvalue weighted by Crippen LogP contribution is 2.53. The molecule has 2 unspecified atom stereocenters. The number of halogens is 4. The van der Waals surface area contributed by atoms with E-state index in [0.29, 0.717) is 5.65 Å². The smallest absolute Gasteiger partial charge is 0.269 e. The number of aromatic nitrogens is 4. The highest BCUT2D eigenvalue weighted by Gasteiger charge is 2.50. The van der Waals surface area contributed by atoms with Crippen molar-refractivity contribution in [3.8, 4) is 6.07 Å². The van der Waals surface area contributed by atoms with Crippen molar-refractivity contribution in [3.63, 3.8) is 0 Å². The average Bonchev–Trinajstić information content (AvgIpc) is 3.12. The quantitative estimate of drug-likeness (QED) is 0.644. The summed E-state index contributed by atoms with van der Waals surface area (Å²) in [6.07, 6.45) is -4.62. The molecule has 3 aromatic heterocycles. The van der Waals surface area contributed by atoms with Gasteiger partial charge in [-0.2, -0.15) is 23.5 Å². The number of nitrogens with zero attached hydrogens (tertiary/aromatic N) is 5. The van der Waals surface area contributed by atoms with Crippen molar-refractivity contribution in [2.75, 3.05) is 0 Å². The topological polar surface area (TPSA) is 76.0 Å². The molecule has 0 radical (unpaired) electrons. The Morgan fingerprint density at radius 2 is 2.03 bits per heavy atom. The number of alkyl halides is 3. The maximum Gasteiger partial charge on any atom is 0.435 e. The van der Waals surface area contributed by atoms with Gasteiger partial charge in [-0.25, -0.2) is 9.67 Å². The summed E-state index contributed by atoms with van der Waals surface area (Å²) in [5.41, 5.74) is 0.769. The van der Waals surface area contributed by atoms with Gasteiger partial charge in [0, 0.05) is 23.7 Å². The first-order valence-electron chi connectivity index (χ1n) is 8.84. The minimum Gasteiger partial charge on any atom is -0.269 e. The van der Waals surface area contributed by atoms with E-state index in [9.17, 15) is 23.2 Å². The molecule has 0 spiro atoms. The summed E-state index contributed by atoms with van der Waals surface area (Å²) in [4.78, 5) is 17.3. The van der Waals surface area contributed by atoms with Crippen LogP contribution < -0.4 is 5.56 Å². The van der Waals surface area contributed by atoms with E-state index in [1.807, 2.05) is 19.9 Å². The van der Waals surface area contributed by atoms with Crippen molar-refractivity contribution in [1.82, 2.24) is 19.2 Å². The normalized spacial score (nSPS) is 21.3. The van der Waals surface area contributed by atoms with Gasteiger partial charge in [0.05, 0.1) is 24.2 Å². The van der Waals surface area contributed by atoms with Crippen LogP contribution in [0.3, 0.4) is 0 Å². The van der Waals surface area contributed by atoms with E-state index >= 15 is 0 Å². The van der Waals surface area contributed by atoms with Crippen LogP contribution in [0, 0.1) is 30.1 Å². The van der Waals surface area contributed by atoms with Crippen LogP contribution in [0.25, 0.3) is 5.65 Å². The summed E-state index contributed by atoms with van der Waals surface area (Å²) in [7, 11) is 0. The molecule has 1 aliphatic rings. The molecular formula is C19H15ClF3N5O. The zero-order valence-electron chi connectivity index (χ0n) is 15.4. The van der Waals surface area contributed by atoms with Gasteiger partial charge in [0.1, 0.15) is 10.8 Å². The third-order valence-corrected chi connectivity index (χ3v) is 5.61. The van der Waals surface area contributed by atoms with E-state index in [2.05, 4.69) is 16.2 Å². The summed E-state index contributed by atoms with van der Waals surface area (Å²) in [5.74, 6) is -0.0713. The Morgan fingerprint density at radius 1 is 1.31 bits per heavy atom. The third kappa shape index (κ3) is 3.27. The Labute approximate surface area is 168 Å². The molecule has 150 valence electrons. The number of hydrogen-bond acceptors (Lipinski definition) is 4. The highest BCUT2D eigenvalue weighted by molar-refractivity contribution is 6.29. The summed E-state index contributed by atoms with van der Waals surface area (Å²) in [6, 6.07) is 7.74. The second-order valence-electron chi connectivity index (χ2n) is 7.23. The van der Waals surface area contributed by atoms with Gasteiger partial charge in [-0.15, -0.1) is 0 Å². The Morgan fingerprint density at radius 3 is 2.62 bits per heavy atom. The van der Waals surface area contributed by atoms with Gasteiger partial charge in [-0.05, 0) is 24.5 Å². The number of rotatable bonds is 3. The Hall–Kier alpha value is -2.86. The molecule has 0 aliphatic heterocycles. The maximum absolute atomic E-state index is 12.8. The molecule has 3 atom stereocenters. The molecule has 1 aliphatic carbocycles. The van der Waals surface area contributed by atoms with E-state index in [1.165, 1.54) is 10.5 Å². The van der Waals surface area contributed by atoms with Gasteiger partial charge in [0.2, 0.25) is 0 Å². The van der Waals surface area contributed by atoms with E-state index in [-0.39, 0.29) is 40.7 Å². The van der Waals surface area contributed by atoms with Crippen LogP contribution in [0.4, 0.5) is 13.2 Å². The fourth-order valence-electron chi connectivity index (χ4n) is 3.73. The molecule has 1 saturated carbocycles. The van der Waals surface area contributed by atoms with Gasteiger partial charge in [0.15, 0.2) is 5.69 Å². The van der Waals surface area contributed by atoms with E-state index < -0.39 is 11.9 Å². The van der Waals surface area contributed by atoms with Crippen molar-refractivity contribution in [3.05, 3.63) is 62.4 Å². The monoisotopic (exact) mass is 421 g/mol. The molecule has 4 rings (SSSR count). The third-order valence-electron chi connectivity index (χ3n) is 5.30. The number of hydrogen-bond donors (Lipinski definition) is 0. The molecular weight excluding hydrogens is 407 g/mol. The fraction of sp³-hybridized carbons (Fsp3) is 0.368. The van der Waals surface area contributed by atoms with Crippen molar-refractivity contribution in [1.29, 1.82) is 5.26 Å². The molecule has 10 heteroatoms. The lowest BCUT2D eigenvalue weighted by Gasteiger charge is -2.12. The van der Waals surface area contributed by atoms with Crippen LogP contribution in [0.15, 0.2) is 29.1 Å². The van der Waals surface area contributed by atoms with Crippen LogP contribution in [0.5, 0.6) is 0 Å². The number of aryl methyl sites for hydroxylation is 1. The SMILES string of the molecule is Cc1ccc2nc(Cn3nc(C(F)(F)F)cc3Cl)cc(=O)n2c1C1C(C#N)[C@H]1C. The Bertz CT molecular complexity index is 1220. The standard InChI is InChI=1S/C19H15ClF3N5O/c1-9-3-4-15-25-11(8-27-14(20)6-13(26-27)19(21,22)23)5-16(29)28(15)18(9)17-10(2)12(17)7-24/h3-6,10,12,17H,8H2,1-2H3/t10-,12?,17?/m1/s1. The summed E-state index contributed by atoms with van der Waals surface area (Å²) in [5, 5.41) is 12.5. The molecule has 3 heterocycles. The zero-order chi connectivity index (χ0) is 21.1. The van der Waals surface area contributed by atoms with Gasteiger partial charge in [-0.1, -0.05) is 24.6 Å². The van der Waals surface area contributed by atoms with Crippen LogP contribution in [-0.2, 0) is 12.7 Å². The van der Waals surface area contributed by atoms with Crippen molar-refractivity contribution < 1.29 is 13.2 Å². The van der Waals surface area contributed by atoms with E-state index in [0.717, 1.165) is 22.0 Å².